The summed E-state index contributed by atoms with van der Waals surface area (Å²) in [5, 5.41) is 8.02. The molecule has 110 valence electrons. The summed E-state index contributed by atoms with van der Waals surface area (Å²) in [7, 11) is 0. The van der Waals surface area contributed by atoms with Crippen molar-refractivity contribution < 1.29 is 4.39 Å². The molecule has 1 aromatic heterocycles. The molecule has 0 atom stereocenters. The van der Waals surface area contributed by atoms with Crippen LogP contribution in [0, 0.1) is 9.39 Å². The van der Waals surface area contributed by atoms with Crippen LogP contribution in [-0.4, -0.2) is 16.3 Å². The van der Waals surface area contributed by atoms with Gasteiger partial charge >= 0.3 is 0 Å². The number of hydrogen-bond acceptors (Lipinski definition) is 2. The number of nitrogens with one attached hydrogen (secondary N) is 1. The number of anilines is 1. The minimum atomic E-state index is -0.268. The third-order valence-electron chi connectivity index (χ3n) is 3.83. The molecule has 2 aromatic carbocycles. The lowest BCUT2D eigenvalue weighted by Gasteiger charge is -2.07. The molecule has 3 aromatic rings. The van der Waals surface area contributed by atoms with E-state index in [1.54, 1.807) is 16.8 Å². The van der Waals surface area contributed by atoms with Gasteiger partial charge in [-0.05, 0) is 53.3 Å². The molecular weight excluding hydrogens is 392 g/mol. The van der Waals surface area contributed by atoms with Crippen LogP contribution >= 0.6 is 22.6 Å². The minimum Gasteiger partial charge on any atom is -0.369 e. The van der Waals surface area contributed by atoms with Crippen LogP contribution in [0.4, 0.5) is 10.2 Å². The summed E-state index contributed by atoms with van der Waals surface area (Å²) in [5.41, 5.74) is 3.64. The van der Waals surface area contributed by atoms with Crippen molar-refractivity contribution in [2.45, 2.75) is 6.42 Å². The molecule has 2 heterocycles. The van der Waals surface area contributed by atoms with E-state index in [0.29, 0.717) is 5.69 Å². The lowest BCUT2D eigenvalue weighted by Crippen LogP contribution is -2.05. The topological polar surface area (TPSA) is 29.9 Å². The number of nitrogens with zero attached hydrogens (tertiary/aromatic N) is 2. The van der Waals surface area contributed by atoms with Crippen molar-refractivity contribution in [1.82, 2.24) is 9.78 Å². The van der Waals surface area contributed by atoms with Gasteiger partial charge in [0.2, 0.25) is 0 Å². The molecule has 0 unspecified atom stereocenters. The smallest absolute Gasteiger partial charge is 0.148 e. The first kappa shape index (κ1) is 13.8. The summed E-state index contributed by atoms with van der Waals surface area (Å²) in [6.07, 6.45) is 0.907. The van der Waals surface area contributed by atoms with Crippen molar-refractivity contribution in [3.63, 3.8) is 0 Å². The molecular formula is C17H13FIN3. The van der Waals surface area contributed by atoms with E-state index in [1.165, 1.54) is 6.07 Å². The van der Waals surface area contributed by atoms with Gasteiger partial charge in [0.05, 0.1) is 5.69 Å². The summed E-state index contributed by atoms with van der Waals surface area (Å²) < 4.78 is 17.0. The Labute approximate surface area is 141 Å². The molecule has 4 rings (SSSR count). The summed E-state index contributed by atoms with van der Waals surface area (Å²) in [6.45, 7) is 0.860. The Balaban J connectivity index is 1.93. The van der Waals surface area contributed by atoms with Gasteiger partial charge in [-0.1, -0.05) is 24.3 Å². The van der Waals surface area contributed by atoms with Crippen LogP contribution in [-0.2, 0) is 6.42 Å². The molecule has 0 fully saturated rings. The maximum atomic E-state index is 14.1. The zero-order chi connectivity index (χ0) is 15.1. The molecule has 0 amide bonds. The Morgan fingerprint density at radius 2 is 2.00 bits per heavy atom. The summed E-state index contributed by atoms with van der Waals surface area (Å²) in [5.74, 6) is 0.634. The third-order valence-corrected chi connectivity index (χ3v) is 4.50. The summed E-state index contributed by atoms with van der Waals surface area (Å²) in [6, 6.07) is 15.0. The van der Waals surface area contributed by atoms with Crippen LogP contribution in [0.15, 0.2) is 48.5 Å². The molecule has 0 saturated heterocycles. The van der Waals surface area contributed by atoms with Gasteiger partial charge in [0, 0.05) is 21.2 Å². The second-order valence-corrected chi connectivity index (χ2v) is 6.47. The van der Waals surface area contributed by atoms with Crippen molar-refractivity contribution >= 4 is 28.4 Å². The molecule has 5 heteroatoms. The largest absolute Gasteiger partial charge is 0.369 e. The van der Waals surface area contributed by atoms with Crippen LogP contribution in [0.1, 0.15) is 5.56 Å². The number of halogens is 2. The van der Waals surface area contributed by atoms with Gasteiger partial charge in [-0.3, -0.25) is 0 Å². The van der Waals surface area contributed by atoms with E-state index in [0.717, 1.165) is 39.2 Å². The van der Waals surface area contributed by atoms with E-state index in [4.69, 9.17) is 0 Å². The fourth-order valence-electron chi connectivity index (χ4n) is 2.84. The van der Waals surface area contributed by atoms with E-state index >= 15 is 0 Å². The van der Waals surface area contributed by atoms with Gasteiger partial charge in [0.1, 0.15) is 17.3 Å². The van der Waals surface area contributed by atoms with Gasteiger partial charge in [0.15, 0.2) is 0 Å². The minimum absolute atomic E-state index is 0.268. The molecule has 1 aliphatic heterocycles. The first-order valence-corrected chi connectivity index (χ1v) is 8.18. The van der Waals surface area contributed by atoms with Gasteiger partial charge in [-0.15, -0.1) is 0 Å². The van der Waals surface area contributed by atoms with E-state index in [9.17, 15) is 4.39 Å². The zero-order valence-electron chi connectivity index (χ0n) is 11.7. The average molecular weight is 405 g/mol. The monoisotopic (exact) mass is 405 g/mol. The molecule has 3 nitrogen and oxygen atoms in total. The lowest BCUT2D eigenvalue weighted by atomic mass is 10.1. The number of fused-ring (bicyclic) bond motifs is 1. The second kappa shape index (κ2) is 5.39. The Bertz CT molecular complexity index is 857. The fourth-order valence-corrected chi connectivity index (χ4v) is 3.38. The summed E-state index contributed by atoms with van der Waals surface area (Å²) >= 11 is 2.29. The lowest BCUT2D eigenvalue weighted by molar-refractivity contribution is 0.612. The average Bonchev–Trinajstić information content (AvgIpc) is 3.10. The van der Waals surface area contributed by atoms with Crippen molar-refractivity contribution in [2.24, 2.45) is 0 Å². The molecule has 0 saturated carbocycles. The van der Waals surface area contributed by atoms with Crippen molar-refractivity contribution in [3.05, 3.63) is 63.5 Å². The predicted octanol–water partition coefficient (Wildman–Crippen LogP) is 4.25. The Morgan fingerprint density at radius 3 is 2.82 bits per heavy atom. The van der Waals surface area contributed by atoms with Gasteiger partial charge in [-0.25, -0.2) is 9.07 Å². The SMILES string of the molecule is Fc1ccccc1-n1nc(-c2cccc(I)c2)c2c1NCC2. The highest BCUT2D eigenvalue weighted by Gasteiger charge is 2.24. The number of hydrogen-bond donors (Lipinski definition) is 1. The van der Waals surface area contributed by atoms with Crippen LogP contribution in [0.25, 0.3) is 16.9 Å². The Morgan fingerprint density at radius 1 is 1.14 bits per heavy atom. The van der Waals surface area contributed by atoms with Gasteiger partial charge in [0.25, 0.3) is 0 Å². The predicted molar refractivity (Wildman–Crippen MR) is 93.9 cm³/mol. The van der Waals surface area contributed by atoms with Crippen molar-refractivity contribution in [2.75, 3.05) is 11.9 Å². The quantitative estimate of drug-likeness (QED) is 0.647. The normalized spacial score (nSPS) is 13.0. The van der Waals surface area contributed by atoms with Crippen LogP contribution in [0.5, 0.6) is 0 Å². The highest BCUT2D eigenvalue weighted by atomic mass is 127. The second-order valence-electron chi connectivity index (χ2n) is 5.23. The van der Waals surface area contributed by atoms with Crippen LogP contribution < -0.4 is 5.32 Å². The fraction of sp³-hybridized carbons (Fsp3) is 0.118. The van der Waals surface area contributed by atoms with Crippen LogP contribution in [0.2, 0.25) is 0 Å². The van der Waals surface area contributed by atoms with Gasteiger partial charge in [-0.2, -0.15) is 5.10 Å². The highest BCUT2D eigenvalue weighted by Crippen LogP contribution is 2.35. The molecule has 22 heavy (non-hydrogen) atoms. The first-order valence-electron chi connectivity index (χ1n) is 7.10. The Kier molecular flexibility index (Phi) is 3.37. The number of aromatic nitrogens is 2. The standard InChI is InChI=1S/C17H13FIN3/c18-14-6-1-2-7-15(14)22-17-13(8-9-20-17)16(21-22)11-4-3-5-12(19)10-11/h1-7,10,20H,8-9H2. The summed E-state index contributed by atoms with van der Waals surface area (Å²) in [4.78, 5) is 0. The van der Waals surface area contributed by atoms with Crippen LogP contribution in [0.3, 0.4) is 0 Å². The molecule has 0 bridgehead atoms. The first-order chi connectivity index (χ1) is 10.7. The number of benzene rings is 2. The third kappa shape index (κ3) is 2.20. The molecule has 1 N–H and O–H groups in total. The van der Waals surface area contributed by atoms with E-state index in [1.807, 2.05) is 12.1 Å². The van der Waals surface area contributed by atoms with E-state index in [2.05, 4.69) is 51.2 Å². The highest BCUT2D eigenvalue weighted by molar-refractivity contribution is 14.1. The zero-order valence-corrected chi connectivity index (χ0v) is 13.8. The maximum Gasteiger partial charge on any atom is 0.148 e. The molecule has 0 aliphatic carbocycles. The van der Waals surface area contributed by atoms with E-state index < -0.39 is 0 Å². The maximum absolute atomic E-state index is 14.1. The molecule has 0 radical (unpaired) electrons. The molecule has 0 spiro atoms. The van der Waals surface area contributed by atoms with Crippen molar-refractivity contribution in [1.29, 1.82) is 0 Å². The van der Waals surface area contributed by atoms with E-state index in [-0.39, 0.29) is 5.82 Å². The van der Waals surface area contributed by atoms with Gasteiger partial charge < -0.3 is 5.32 Å². The van der Waals surface area contributed by atoms with Crippen molar-refractivity contribution in [3.8, 4) is 16.9 Å². The Hall–Kier alpha value is -1.89. The molecule has 1 aliphatic rings. The number of para-hydroxylation sites is 1. The number of rotatable bonds is 2.